The molecule has 3 heterocycles. The molecule has 3 aliphatic rings. The van der Waals surface area contributed by atoms with Crippen molar-refractivity contribution < 1.29 is 18.8 Å². The Hall–Kier alpha value is -2.31. The quantitative estimate of drug-likeness (QED) is 0.719. The van der Waals surface area contributed by atoms with E-state index in [1.807, 2.05) is 11.8 Å². The fourth-order valence-electron chi connectivity index (χ4n) is 5.59. The number of rotatable bonds is 6. The Kier molecular flexibility index (Phi) is 6.16. The zero-order chi connectivity index (χ0) is 21.1. The van der Waals surface area contributed by atoms with Crippen LogP contribution in [-0.2, 0) is 16.1 Å². The molecule has 0 radical (unpaired) electrons. The molecule has 4 rings (SSSR count). The van der Waals surface area contributed by atoms with Crippen LogP contribution < -0.4 is 5.32 Å². The molecule has 30 heavy (non-hydrogen) atoms. The maximum absolute atomic E-state index is 13.4. The van der Waals surface area contributed by atoms with Crippen molar-refractivity contribution >= 4 is 17.8 Å². The fraction of sp³-hybridized carbons (Fsp3) is 0.696. The summed E-state index contributed by atoms with van der Waals surface area (Å²) >= 11 is 0. The van der Waals surface area contributed by atoms with E-state index < -0.39 is 5.54 Å². The van der Waals surface area contributed by atoms with Crippen molar-refractivity contribution in [3.8, 4) is 0 Å². The number of hydrogen-bond acceptors (Lipinski definition) is 4. The topological polar surface area (TPSA) is 82.9 Å². The van der Waals surface area contributed by atoms with Gasteiger partial charge in [0.05, 0.1) is 12.8 Å². The number of carbonyl (C=O) groups is 3. The van der Waals surface area contributed by atoms with Crippen LogP contribution in [0.3, 0.4) is 0 Å². The van der Waals surface area contributed by atoms with Crippen molar-refractivity contribution in [1.29, 1.82) is 0 Å². The van der Waals surface area contributed by atoms with Gasteiger partial charge < -0.3 is 14.6 Å². The standard InChI is InChI=1S/C23H33N3O4/c1-2-12-23(21(28)26(22(29)24-23)16-19-9-6-15-30-19)18-10-13-25(14-11-18)20(27)17-7-4-3-5-8-17/h6,9,15,17-18H,2-5,7-8,10-14,16H2,1H3,(H,24,29)/t23-/m1/s1. The highest BCUT2D eigenvalue weighted by Gasteiger charge is 2.55. The van der Waals surface area contributed by atoms with Gasteiger partial charge in [-0.05, 0) is 50.2 Å². The number of furan rings is 1. The third kappa shape index (κ3) is 3.86. The molecule has 0 aromatic carbocycles. The number of carbonyl (C=O) groups excluding carboxylic acids is 3. The van der Waals surface area contributed by atoms with E-state index in [2.05, 4.69) is 5.32 Å². The number of nitrogens with one attached hydrogen (secondary N) is 1. The van der Waals surface area contributed by atoms with Crippen LogP contribution in [0.4, 0.5) is 4.79 Å². The van der Waals surface area contributed by atoms with Crippen LogP contribution in [0.1, 0.15) is 70.5 Å². The minimum atomic E-state index is -0.863. The largest absolute Gasteiger partial charge is 0.467 e. The van der Waals surface area contributed by atoms with Gasteiger partial charge in [-0.15, -0.1) is 0 Å². The lowest BCUT2D eigenvalue weighted by Crippen LogP contribution is -2.56. The van der Waals surface area contributed by atoms with Gasteiger partial charge in [-0.1, -0.05) is 32.6 Å². The normalized spacial score (nSPS) is 26.3. The van der Waals surface area contributed by atoms with Crippen LogP contribution >= 0.6 is 0 Å². The van der Waals surface area contributed by atoms with E-state index in [0.717, 1.165) is 44.9 Å². The second kappa shape index (κ2) is 8.82. The Labute approximate surface area is 178 Å². The summed E-state index contributed by atoms with van der Waals surface area (Å²) in [6, 6.07) is 3.19. The zero-order valence-electron chi connectivity index (χ0n) is 17.9. The number of urea groups is 1. The first kappa shape index (κ1) is 20.9. The van der Waals surface area contributed by atoms with Crippen LogP contribution in [0, 0.1) is 11.8 Å². The number of amides is 4. The molecule has 1 aromatic rings. The summed E-state index contributed by atoms with van der Waals surface area (Å²) in [6.07, 6.45) is 10.0. The molecule has 1 N–H and O–H groups in total. The van der Waals surface area contributed by atoms with Crippen LogP contribution in [0.25, 0.3) is 0 Å². The first-order valence-corrected chi connectivity index (χ1v) is 11.5. The molecule has 1 saturated carbocycles. The van der Waals surface area contributed by atoms with Gasteiger partial charge in [0.1, 0.15) is 11.3 Å². The summed E-state index contributed by atoms with van der Waals surface area (Å²) in [6.45, 7) is 3.54. The molecule has 7 heteroatoms. The molecule has 164 valence electrons. The van der Waals surface area contributed by atoms with Crippen LogP contribution in [0.15, 0.2) is 22.8 Å². The summed E-state index contributed by atoms with van der Waals surface area (Å²) in [5.41, 5.74) is -0.863. The third-order valence-electron chi connectivity index (χ3n) is 7.20. The second-order valence-corrected chi connectivity index (χ2v) is 9.06. The van der Waals surface area contributed by atoms with E-state index in [-0.39, 0.29) is 30.3 Å². The van der Waals surface area contributed by atoms with Crippen LogP contribution in [0.5, 0.6) is 0 Å². The Balaban J connectivity index is 1.44. The van der Waals surface area contributed by atoms with Gasteiger partial charge in [0, 0.05) is 19.0 Å². The number of hydrogen-bond donors (Lipinski definition) is 1. The van der Waals surface area contributed by atoms with E-state index in [1.54, 1.807) is 18.4 Å². The molecular formula is C23H33N3O4. The lowest BCUT2D eigenvalue weighted by Gasteiger charge is -2.42. The first-order valence-electron chi connectivity index (χ1n) is 11.5. The molecule has 2 saturated heterocycles. The monoisotopic (exact) mass is 415 g/mol. The lowest BCUT2D eigenvalue weighted by molar-refractivity contribution is -0.139. The van der Waals surface area contributed by atoms with E-state index >= 15 is 0 Å². The number of piperidine rings is 1. The minimum absolute atomic E-state index is 0.0471. The van der Waals surface area contributed by atoms with Gasteiger partial charge in [0.25, 0.3) is 5.91 Å². The molecule has 0 bridgehead atoms. The van der Waals surface area contributed by atoms with Crippen molar-refractivity contribution in [2.24, 2.45) is 11.8 Å². The minimum Gasteiger partial charge on any atom is -0.467 e. The number of nitrogens with zero attached hydrogens (tertiary/aromatic N) is 2. The molecule has 3 fully saturated rings. The number of imide groups is 1. The highest BCUT2D eigenvalue weighted by atomic mass is 16.3. The summed E-state index contributed by atoms with van der Waals surface area (Å²) < 4.78 is 5.35. The summed E-state index contributed by atoms with van der Waals surface area (Å²) in [5, 5.41) is 3.05. The van der Waals surface area contributed by atoms with Gasteiger partial charge in [0.15, 0.2) is 0 Å². The molecule has 2 aliphatic heterocycles. The van der Waals surface area contributed by atoms with Crippen molar-refractivity contribution in [1.82, 2.24) is 15.1 Å². The average Bonchev–Trinajstić information content (AvgIpc) is 3.37. The second-order valence-electron chi connectivity index (χ2n) is 9.06. The van der Waals surface area contributed by atoms with Crippen molar-refractivity contribution in [3.63, 3.8) is 0 Å². The summed E-state index contributed by atoms with van der Waals surface area (Å²) in [7, 11) is 0. The molecule has 4 amide bonds. The lowest BCUT2D eigenvalue weighted by atomic mass is 9.74. The predicted octanol–water partition coefficient (Wildman–Crippen LogP) is 3.69. The van der Waals surface area contributed by atoms with Crippen LogP contribution in [-0.4, -0.2) is 46.3 Å². The van der Waals surface area contributed by atoms with Gasteiger partial charge >= 0.3 is 6.03 Å². The van der Waals surface area contributed by atoms with E-state index in [1.165, 1.54) is 11.3 Å². The molecule has 0 spiro atoms. The predicted molar refractivity (Wildman–Crippen MR) is 111 cm³/mol. The maximum Gasteiger partial charge on any atom is 0.325 e. The van der Waals surface area contributed by atoms with Gasteiger partial charge in [0.2, 0.25) is 5.91 Å². The SMILES string of the molecule is CCC[C@]1(C2CCN(C(=O)C3CCCCC3)CC2)NC(=O)N(Cc2ccco2)C1=O. The summed E-state index contributed by atoms with van der Waals surface area (Å²) in [4.78, 5) is 42.3. The third-order valence-corrected chi connectivity index (χ3v) is 7.20. The molecule has 7 nitrogen and oxygen atoms in total. The van der Waals surface area contributed by atoms with Crippen molar-refractivity contribution in [2.75, 3.05) is 13.1 Å². The van der Waals surface area contributed by atoms with Gasteiger partial charge in [-0.2, -0.15) is 0 Å². The molecule has 1 aromatic heterocycles. The molecule has 0 unspecified atom stereocenters. The van der Waals surface area contributed by atoms with Gasteiger partial charge in [-0.3, -0.25) is 14.5 Å². The smallest absolute Gasteiger partial charge is 0.325 e. The van der Waals surface area contributed by atoms with Gasteiger partial charge in [-0.25, -0.2) is 4.79 Å². The Morgan fingerprint density at radius 2 is 1.90 bits per heavy atom. The van der Waals surface area contributed by atoms with Crippen molar-refractivity contribution in [2.45, 2.75) is 76.8 Å². The van der Waals surface area contributed by atoms with Crippen LogP contribution in [0.2, 0.25) is 0 Å². The highest BCUT2D eigenvalue weighted by Crippen LogP contribution is 2.38. The van der Waals surface area contributed by atoms with Crippen molar-refractivity contribution in [3.05, 3.63) is 24.2 Å². The Morgan fingerprint density at radius 1 is 1.17 bits per heavy atom. The summed E-state index contributed by atoms with van der Waals surface area (Å²) in [5.74, 6) is 0.961. The molecule has 1 atom stereocenters. The highest BCUT2D eigenvalue weighted by molar-refractivity contribution is 6.07. The maximum atomic E-state index is 13.4. The molecule has 1 aliphatic carbocycles. The number of likely N-dealkylation sites (tertiary alicyclic amines) is 1. The first-order chi connectivity index (χ1) is 14.5. The Morgan fingerprint density at radius 3 is 2.53 bits per heavy atom. The average molecular weight is 416 g/mol. The van der Waals surface area contributed by atoms with E-state index in [4.69, 9.17) is 4.42 Å². The fourth-order valence-corrected chi connectivity index (χ4v) is 5.59. The Bertz CT molecular complexity index is 763. The molecular weight excluding hydrogens is 382 g/mol. The van der Waals surface area contributed by atoms with E-state index in [0.29, 0.717) is 31.2 Å². The zero-order valence-corrected chi connectivity index (χ0v) is 17.9. The van der Waals surface area contributed by atoms with E-state index in [9.17, 15) is 14.4 Å².